The van der Waals surface area contributed by atoms with Crippen molar-refractivity contribution >= 4 is 6.03 Å². The molecule has 1 amide bonds. The smallest absolute Gasteiger partial charge is 0.342 e. The van der Waals surface area contributed by atoms with Gasteiger partial charge in [-0.3, -0.25) is 4.57 Å². The van der Waals surface area contributed by atoms with Crippen molar-refractivity contribution in [2.75, 3.05) is 6.61 Å². The number of rotatable bonds is 3. The second-order valence-corrected chi connectivity index (χ2v) is 9.06. The molecule has 2 aromatic heterocycles. The van der Waals surface area contributed by atoms with Crippen LogP contribution in [0.15, 0.2) is 67.3 Å². The van der Waals surface area contributed by atoms with Crippen molar-refractivity contribution < 1.29 is 19.0 Å². The first-order chi connectivity index (χ1) is 17.2. The van der Waals surface area contributed by atoms with Crippen LogP contribution in [-0.2, 0) is 6.42 Å². The van der Waals surface area contributed by atoms with Crippen LogP contribution in [-0.4, -0.2) is 42.7 Å². The number of nitrogens with zero attached hydrogens (tertiary/aromatic N) is 4. The van der Waals surface area contributed by atoms with E-state index in [2.05, 4.69) is 27.2 Å². The zero-order valence-corrected chi connectivity index (χ0v) is 19.8. The zero-order valence-electron chi connectivity index (χ0n) is 19.8. The van der Waals surface area contributed by atoms with Gasteiger partial charge in [-0.2, -0.15) is 9.78 Å². The van der Waals surface area contributed by atoms with Gasteiger partial charge in [-0.15, -0.1) is 0 Å². The number of hydrogen-bond acceptors (Lipinski definition) is 5. The van der Waals surface area contributed by atoms with Crippen LogP contribution in [0.5, 0.6) is 5.75 Å². The van der Waals surface area contributed by atoms with E-state index >= 15 is 0 Å². The summed E-state index contributed by atoms with van der Waals surface area (Å²) in [5.41, 5.74) is 2.08. The highest BCUT2D eigenvalue weighted by Crippen LogP contribution is 2.31. The molecule has 0 bridgehead atoms. The van der Waals surface area contributed by atoms with Crippen LogP contribution in [0, 0.1) is 17.7 Å². The monoisotopic (exact) mass is 485 g/mol. The van der Waals surface area contributed by atoms with Crippen LogP contribution < -0.4 is 10.1 Å². The topological polar surface area (TPSA) is 94.2 Å². The van der Waals surface area contributed by atoms with Gasteiger partial charge in [-0.1, -0.05) is 24.0 Å². The zero-order chi connectivity index (χ0) is 25.3. The van der Waals surface area contributed by atoms with Gasteiger partial charge in [0.2, 0.25) is 0 Å². The van der Waals surface area contributed by atoms with Gasteiger partial charge >= 0.3 is 6.03 Å². The van der Waals surface area contributed by atoms with Gasteiger partial charge in [0.15, 0.2) is 0 Å². The van der Waals surface area contributed by atoms with Gasteiger partial charge in [0, 0.05) is 30.6 Å². The van der Waals surface area contributed by atoms with E-state index in [0.717, 1.165) is 16.8 Å². The van der Waals surface area contributed by atoms with E-state index < -0.39 is 17.7 Å². The van der Waals surface area contributed by atoms with Crippen LogP contribution in [0.2, 0.25) is 0 Å². The number of benzene rings is 2. The summed E-state index contributed by atoms with van der Waals surface area (Å²) in [7, 11) is 0. The first-order valence-corrected chi connectivity index (χ1v) is 11.4. The molecule has 8 nitrogen and oxygen atoms in total. The maximum atomic E-state index is 13.2. The van der Waals surface area contributed by atoms with E-state index in [9.17, 15) is 14.3 Å². The van der Waals surface area contributed by atoms with Gasteiger partial charge in [0.05, 0.1) is 11.9 Å². The minimum absolute atomic E-state index is 0.175. The predicted octanol–water partition coefficient (Wildman–Crippen LogP) is 3.61. The quantitative estimate of drug-likeness (QED) is 0.433. The predicted molar refractivity (Wildman–Crippen MR) is 130 cm³/mol. The molecular formula is C27H24FN5O3. The van der Waals surface area contributed by atoms with Crippen molar-refractivity contribution in [3.05, 3.63) is 95.6 Å². The summed E-state index contributed by atoms with van der Waals surface area (Å²) in [6.07, 6.45) is 7.24. The van der Waals surface area contributed by atoms with Crippen molar-refractivity contribution in [1.29, 1.82) is 0 Å². The third-order valence-electron chi connectivity index (χ3n) is 5.58. The molecule has 0 spiro atoms. The molecule has 182 valence electrons. The molecule has 5 rings (SSSR count). The van der Waals surface area contributed by atoms with E-state index in [1.165, 1.54) is 16.8 Å². The Labute approximate surface area is 207 Å². The Morgan fingerprint density at radius 1 is 1.25 bits per heavy atom. The van der Waals surface area contributed by atoms with E-state index in [1.54, 1.807) is 50.8 Å². The maximum Gasteiger partial charge on any atom is 0.342 e. The average molecular weight is 486 g/mol. The molecular weight excluding hydrogens is 461 g/mol. The molecule has 3 heterocycles. The lowest BCUT2D eigenvalue weighted by atomic mass is 10.1. The lowest BCUT2D eigenvalue weighted by molar-refractivity contribution is 0.143. The average Bonchev–Trinajstić information content (AvgIpc) is 3.49. The SMILES string of the molecule is CC(C)(O)C#Cc1ccc2c(c1)-n1ccnc1C(NC(=O)n1cc(Cc3ccc(F)cc3)cn1)CO2. The number of carbonyl (C=O) groups excluding carboxylic acids is 1. The fraction of sp³-hybridized carbons (Fsp3) is 0.222. The number of ether oxygens (including phenoxy) is 1. The summed E-state index contributed by atoms with van der Waals surface area (Å²) in [5.74, 6) is 6.72. The Balaban J connectivity index is 1.34. The number of hydrogen-bond donors (Lipinski definition) is 2. The number of carbonyl (C=O) groups is 1. The highest BCUT2D eigenvalue weighted by molar-refractivity contribution is 5.76. The number of aromatic nitrogens is 4. The van der Waals surface area contributed by atoms with Crippen molar-refractivity contribution in [1.82, 2.24) is 24.6 Å². The van der Waals surface area contributed by atoms with Crippen LogP contribution in [0.3, 0.4) is 0 Å². The van der Waals surface area contributed by atoms with Crippen molar-refractivity contribution in [2.45, 2.75) is 31.9 Å². The molecule has 0 radical (unpaired) electrons. The van der Waals surface area contributed by atoms with Crippen molar-refractivity contribution in [2.24, 2.45) is 0 Å². The molecule has 1 aliphatic heterocycles. The molecule has 0 fully saturated rings. The Hall–Kier alpha value is -4.42. The first-order valence-electron chi connectivity index (χ1n) is 11.4. The summed E-state index contributed by atoms with van der Waals surface area (Å²) in [6.45, 7) is 3.42. The molecule has 1 atom stereocenters. The minimum atomic E-state index is -1.11. The van der Waals surface area contributed by atoms with Crippen molar-refractivity contribution in [3.8, 4) is 23.3 Å². The number of fused-ring (bicyclic) bond motifs is 3. The van der Waals surface area contributed by atoms with Gasteiger partial charge < -0.3 is 15.2 Å². The Morgan fingerprint density at radius 3 is 2.83 bits per heavy atom. The summed E-state index contributed by atoms with van der Waals surface area (Å²) in [6, 6.07) is 10.7. The fourth-order valence-electron chi connectivity index (χ4n) is 3.88. The summed E-state index contributed by atoms with van der Waals surface area (Å²) in [5, 5.41) is 17.0. The Kier molecular flexibility index (Phi) is 6.04. The summed E-state index contributed by atoms with van der Waals surface area (Å²) in [4.78, 5) is 17.4. The van der Waals surface area contributed by atoms with Crippen LogP contribution in [0.25, 0.3) is 5.69 Å². The fourth-order valence-corrected chi connectivity index (χ4v) is 3.88. The van der Waals surface area contributed by atoms with E-state index in [1.807, 2.05) is 22.8 Å². The summed E-state index contributed by atoms with van der Waals surface area (Å²) < 4.78 is 22.2. The lowest BCUT2D eigenvalue weighted by Gasteiger charge is -2.15. The molecule has 9 heteroatoms. The maximum absolute atomic E-state index is 13.2. The number of aliphatic hydroxyl groups is 1. The number of imidazole rings is 1. The molecule has 0 saturated heterocycles. The molecule has 36 heavy (non-hydrogen) atoms. The third kappa shape index (κ3) is 5.14. The molecule has 2 N–H and O–H groups in total. The molecule has 4 aromatic rings. The Morgan fingerprint density at radius 2 is 2.06 bits per heavy atom. The van der Waals surface area contributed by atoms with Gasteiger partial charge in [0.1, 0.15) is 35.6 Å². The number of nitrogens with one attached hydrogen (secondary N) is 1. The number of halogens is 1. The van der Waals surface area contributed by atoms with E-state index in [4.69, 9.17) is 4.74 Å². The normalized spacial score (nSPS) is 14.5. The Bertz CT molecular complexity index is 1470. The summed E-state index contributed by atoms with van der Waals surface area (Å²) >= 11 is 0. The van der Waals surface area contributed by atoms with Gasteiger partial charge in [-0.25, -0.2) is 14.2 Å². The van der Waals surface area contributed by atoms with Crippen LogP contribution in [0.1, 0.15) is 42.4 Å². The van der Waals surface area contributed by atoms with Gasteiger partial charge in [-0.05, 0) is 55.3 Å². The van der Waals surface area contributed by atoms with Gasteiger partial charge in [0.25, 0.3) is 0 Å². The molecule has 1 aliphatic rings. The number of amides is 1. The van der Waals surface area contributed by atoms with E-state index in [0.29, 0.717) is 23.6 Å². The van der Waals surface area contributed by atoms with Crippen molar-refractivity contribution in [3.63, 3.8) is 0 Å². The lowest BCUT2D eigenvalue weighted by Crippen LogP contribution is -2.36. The highest BCUT2D eigenvalue weighted by Gasteiger charge is 2.27. The minimum Gasteiger partial charge on any atom is -0.489 e. The first kappa shape index (κ1) is 23.3. The standard InChI is InChI=1S/C27H24FN5O3/c1-27(2,35)10-9-19-5-8-24-23(14-19)32-12-11-29-25(32)22(17-36-24)31-26(34)33-16-20(15-30-33)13-18-3-6-21(28)7-4-18/h3-8,11-12,14-16,22,35H,13,17H2,1-2H3,(H,31,34). The van der Waals surface area contributed by atoms with E-state index in [-0.39, 0.29) is 12.4 Å². The second kappa shape index (κ2) is 9.32. The van der Waals surface area contributed by atoms with Crippen LogP contribution in [0.4, 0.5) is 9.18 Å². The van der Waals surface area contributed by atoms with Crippen LogP contribution >= 0.6 is 0 Å². The third-order valence-corrected chi connectivity index (χ3v) is 5.58. The second-order valence-electron chi connectivity index (χ2n) is 9.06. The molecule has 1 unspecified atom stereocenters. The highest BCUT2D eigenvalue weighted by atomic mass is 19.1. The molecule has 0 aliphatic carbocycles. The molecule has 0 saturated carbocycles. The molecule has 2 aromatic carbocycles. The largest absolute Gasteiger partial charge is 0.489 e.